The predicted molar refractivity (Wildman–Crippen MR) is 107 cm³/mol. The van der Waals surface area contributed by atoms with Gasteiger partial charge in [-0.05, 0) is 51.8 Å². The van der Waals surface area contributed by atoms with Crippen molar-refractivity contribution in [2.45, 2.75) is 26.2 Å². The van der Waals surface area contributed by atoms with Crippen LogP contribution in [0.3, 0.4) is 0 Å². The average molecular weight is 409 g/mol. The lowest BCUT2D eigenvalue weighted by Gasteiger charge is -2.31. The first-order valence-corrected chi connectivity index (χ1v) is 9.12. The van der Waals surface area contributed by atoms with Crippen LogP contribution < -0.4 is 5.32 Å². The summed E-state index contributed by atoms with van der Waals surface area (Å²) in [5.41, 5.74) is 1.37. The molecule has 1 saturated heterocycles. The molecule has 28 heavy (non-hydrogen) atoms. The molecule has 10 heteroatoms. The number of hydrogen-bond donors (Lipinski definition) is 1. The standard InChI is InChI=1S/C18H24N6O3.ClH/c1-13-17(18(25)22-10-7-14(8-11-22)6-9-19-2)20-21-23(13)15-4-3-5-16(12-15)24(26)27;/h3-5,12,14,19H,6-11H2,1-2H3;1H. The smallest absolute Gasteiger partial charge is 0.276 e. The maximum atomic E-state index is 12.9. The second-order valence-corrected chi connectivity index (χ2v) is 6.84. The highest BCUT2D eigenvalue weighted by Gasteiger charge is 2.27. The minimum absolute atomic E-state index is 0. The van der Waals surface area contributed by atoms with Crippen LogP contribution in [-0.2, 0) is 0 Å². The SMILES string of the molecule is CNCCC1CCN(C(=O)c2nnn(-c3cccc([N+](=O)[O-])c3)c2C)CC1.Cl. The van der Waals surface area contributed by atoms with Crippen LogP contribution in [0, 0.1) is 23.0 Å². The fourth-order valence-corrected chi connectivity index (χ4v) is 3.43. The minimum atomic E-state index is -0.458. The third-order valence-corrected chi connectivity index (χ3v) is 5.09. The van der Waals surface area contributed by atoms with Crippen molar-refractivity contribution < 1.29 is 9.72 Å². The van der Waals surface area contributed by atoms with Crippen molar-refractivity contribution in [1.29, 1.82) is 0 Å². The van der Waals surface area contributed by atoms with Crippen molar-refractivity contribution in [1.82, 2.24) is 25.2 Å². The van der Waals surface area contributed by atoms with E-state index in [2.05, 4.69) is 15.6 Å². The predicted octanol–water partition coefficient (Wildman–Crippen LogP) is 2.37. The van der Waals surface area contributed by atoms with E-state index in [0.717, 1.165) is 38.9 Å². The fourth-order valence-electron chi connectivity index (χ4n) is 3.43. The number of benzene rings is 1. The zero-order valence-corrected chi connectivity index (χ0v) is 16.8. The summed E-state index contributed by atoms with van der Waals surface area (Å²) in [4.78, 5) is 25.2. The summed E-state index contributed by atoms with van der Waals surface area (Å²) in [5.74, 6) is 0.513. The molecular formula is C18H25ClN6O3. The second kappa shape index (κ2) is 9.61. The van der Waals surface area contributed by atoms with Crippen LogP contribution in [0.4, 0.5) is 5.69 Å². The Kier molecular flexibility index (Phi) is 7.47. The third-order valence-electron chi connectivity index (χ3n) is 5.09. The number of nitrogens with zero attached hydrogens (tertiary/aromatic N) is 5. The highest BCUT2D eigenvalue weighted by Crippen LogP contribution is 2.23. The summed E-state index contributed by atoms with van der Waals surface area (Å²) in [5, 5.41) is 22.2. The van der Waals surface area contributed by atoms with E-state index in [1.165, 1.54) is 16.8 Å². The molecule has 2 aromatic rings. The van der Waals surface area contributed by atoms with E-state index in [9.17, 15) is 14.9 Å². The van der Waals surface area contributed by atoms with Crippen LogP contribution in [-0.4, -0.2) is 57.4 Å². The van der Waals surface area contributed by atoms with Crippen molar-refractivity contribution in [3.05, 3.63) is 45.8 Å². The molecule has 0 radical (unpaired) electrons. The summed E-state index contributed by atoms with van der Waals surface area (Å²) in [6.07, 6.45) is 3.11. The molecule has 1 aliphatic heterocycles. The van der Waals surface area contributed by atoms with E-state index in [1.807, 2.05) is 11.9 Å². The van der Waals surface area contributed by atoms with Crippen LogP contribution in [0.15, 0.2) is 24.3 Å². The Labute approximate surface area is 169 Å². The van der Waals surface area contributed by atoms with Crippen LogP contribution in [0.2, 0.25) is 0 Å². The number of nitrogens with one attached hydrogen (secondary N) is 1. The molecule has 1 N–H and O–H groups in total. The molecule has 0 spiro atoms. The maximum absolute atomic E-state index is 12.9. The molecule has 2 heterocycles. The summed E-state index contributed by atoms with van der Waals surface area (Å²) in [7, 11) is 1.95. The van der Waals surface area contributed by atoms with Gasteiger partial charge >= 0.3 is 0 Å². The van der Waals surface area contributed by atoms with Crippen molar-refractivity contribution in [3.8, 4) is 5.69 Å². The lowest BCUT2D eigenvalue weighted by atomic mass is 9.93. The summed E-state index contributed by atoms with van der Waals surface area (Å²) in [6.45, 7) is 4.19. The summed E-state index contributed by atoms with van der Waals surface area (Å²) < 4.78 is 1.47. The van der Waals surface area contributed by atoms with Gasteiger partial charge in [-0.1, -0.05) is 11.3 Å². The number of halogens is 1. The number of non-ortho nitro benzene ring substituents is 1. The molecule has 1 fully saturated rings. The maximum Gasteiger partial charge on any atom is 0.276 e. The monoisotopic (exact) mass is 408 g/mol. The van der Waals surface area contributed by atoms with Gasteiger partial charge in [0.2, 0.25) is 0 Å². The topological polar surface area (TPSA) is 106 Å². The normalized spacial score (nSPS) is 14.6. The van der Waals surface area contributed by atoms with E-state index in [4.69, 9.17) is 0 Å². The Morgan fingerprint density at radius 2 is 2.07 bits per heavy atom. The van der Waals surface area contributed by atoms with Gasteiger partial charge in [-0.15, -0.1) is 17.5 Å². The number of aromatic nitrogens is 3. The molecule has 0 atom stereocenters. The zero-order chi connectivity index (χ0) is 19.4. The van der Waals surface area contributed by atoms with Crippen molar-refractivity contribution in [2.75, 3.05) is 26.7 Å². The second-order valence-electron chi connectivity index (χ2n) is 6.84. The number of nitro benzene ring substituents is 1. The first kappa shape index (κ1) is 21.8. The van der Waals surface area contributed by atoms with E-state index in [1.54, 1.807) is 19.1 Å². The van der Waals surface area contributed by atoms with Crippen LogP contribution in [0.25, 0.3) is 5.69 Å². The molecule has 1 aliphatic rings. The number of nitro groups is 1. The highest BCUT2D eigenvalue weighted by molar-refractivity contribution is 5.93. The van der Waals surface area contributed by atoms with Crippen LogP contribution >= 0.6 is 12.4 Å². The zero-order valence-electron chi connectivity index (χ0n) is 16.0. The van der Waals surface area contributed by atoms with Crippen LogP contribution in [0.5, 0.6) is 0 Å². The Balaban J connectivity index is 0.00000280. The largest absolute Gasteiger partial charge is 0.337 e. The van der Waals surface area contributed by atoms with Gasteiger partial charge in [-0.25, -0.2) is 4.68 Å². The van der Waals surface area contributed by atoms with E-state index in [0.29, 0.717) is 23.0 Å². The van der Waals surface area contributed by atoms with Crippen molar-refractivity contribution in [2.24, 2.45) is 5.92 Å². The molecule has 152 valence electrons. The van der Waals surface area contributed by atoms with Crippen molar-refractivity contribution in [3.63, 3.8) is 0 Å². The first-order valence-electron chi connectivity index (χ1n) is 9.12. The third kappa shape index (κ3) is 4.66. The van der Waals surface area contributed by atoms with Gasteiger partial charge < -0.3 is 10.2 Å². The van der Waals surface area contributed by atoms with Crippen molar-refractivity contribution >= 4 is 24.0 Å². The average Bonchev–Trinajstić information content (AvgIpc) is 3.07. The number of carbonyl (C=O) groups is 1. The Hall–Kier alpha value is -2.52. The summed E-state index contributed by atoms with van der Waals surface area (Å²) in [6, 6.07) is 6.13. The Morgan fingerprint density at radius 1 is 1.36 bits per heavy atom. The van der Waals surface area contributed by atoms with E-state index in [-0.39, 0.29) is 24.0 Å². The molecule has 1 aromatic heterocycles. The molecular weight excluding hydrogens is 384 g/mol. The van der Waals surface area contributed by atoms with Gasteiger partial charge in [0.15, 0.2) is 5.69 Å². The van der Waals surface area contributed by atoms with Gasteiger partial charge in [0.25, 0.3) is 11.6 Å². The van der Waals surface area contributed by atoms with Gasteiger partial charge in [-0.3, -0.25) is 14.9 Å². The van der Waals surface area contributed by atoms with Gasteiger partial charge in [-0.2, -0.15) is 0 Å². The summed E-state index contributed by atoms with van der Waals surface area (Å²) >= 11 is 0. The Morgan fingerprint density at radius 3 is 2.71 bits per heavy atom. The molecule has 9 nitrogen and oxygen atoms in total. The molecule has 0 bridgehead atoms. The molecule has 0 aliphatic carbocycles. The molecule has 1 aromatic carbocycles. The molecule has 0 unspecified atom stereocenters. The lowest BCUT2D eigenvalue weighted by Crippen LogP contribution is -2.39. The van der Waals surface area contributed by atoms with Gasteiger partial charge in [0, 0.05) is 25.2 Å². The fraction of sp³-hybridized carbons (Fsp3) is 0.500. The number of amides is 1. The molecule has 3 rings (SSSR count). The number of rotatable bonds is 6. The number of likely N-dealkylation sites (tertiary alicyclic amines) is 1. The lowest BCUT2D eigenvalue weighted by molar-refractivity contribution is -0.384. The van der Waals surface area contributed by atoms with Gasteiger partial charge in [0.1, 0.15) is 0 Å². The highest BCUT2D eigenvalue weighted by atomic mass is 35.5. The molecule has 0 saturated carbocycles. The van der Waals surface area contributed by atoms with Gasteiger partial charge in [0.05, 0.1) is 16.3 Å². The quantitative estimate of drug-likeness (QED) is 0.581. The number of piperidine rings is 1. The van der Waals surface area contributed by atoms with E-state index < -0.39 is 4.92 Å². The number of hydrogen-bond acceptors (Lipinski definition) is 6. The Bertz CT molecular complexity index is 832. The molecule has 1 amide bonds. The first-order chi connectivity index (χ1) is 13.0. The van der Waals surface area contributed by atoms with E-state index >= 15 is 0 Å². The van der Waals surface area contributed by atoms with Crippen LogP contribution in [0.1, 0.15) is 35.4 Å². The minimum Gasteiger partial charge on any atom is -0.337 e. The number of carbonyl (C=O) groups excluding carboxylic acids is 1.